The third kappa shape index (κ3) is 2.37. The van der Waals surface area contributed by atoms with Crippen molar-refractivity contribution in [3.63, 3.8) is 0 Å². The van der Waals surface area contributed by atoms with E-state index in [4.69, 9.17) is 14.7 Å². The highest BCUT2D eigenvalue weighted by Crippen LogP contribution is 2.34. The number of aromatic nitrogens is 1. The maximum atomic E-state index is 9.17. The minimum absolute atomic E-state index is 0.453. The van der Waals surface area contributed by atoms with E-state index < -0.39 is 0 Å². The highest BCUT2D eigenvalue weighted by atomic mass is 16.5. The zero-order valence-corrected chi connectivity index (χ0v) is 11.4. The van der Waals surface area contributed by atoms with Gasteiger partial charge in [0.2, 0.25) is 5.88 Å². The summed E-state index contributed by atoms with van der Waals surface area (Å²) in [6.45, 7) is 0. The van der Waals surface area contributed by atoms with Crippen molar-refractivity contribution < 1.29 is 9.47 Å². The molecule has 0 fully saturated rings. The zero-order chi connectivity index (χ0) is 14.7. The van der Waals surface area contributed by atoms with Gasteiger partial charge in [0.05, 0.1) is 18.7 Å². The van der Waals surface area contributed by atoms with Crippen molar-refractivity contribution in [2.45, 2.75) is 0 Å². The van der Waals surface area contributed by atoms with Gasteiger partial charge in [0.15, 0.2) is 11.5 Å². The van der Waals surface area contributed by atoms with Crippen LogP contribution in [-0.2, 0) is 0 Å². The summed E-state index contributed by atoms with van der Waals surface area (Å²) in [7, 11) is 1.59. The molecule has 0 atom stereocenters. The Balaban J connectivity index is 2.12. The van der Waals surface area contributed by atoms with Crippen molar-refractivity contribution in [1.82, 2.24) is 4.98 Å². The van der Waals surface area contributed by atoms with Crippen molar-refractivity contribution in [3.05, 3.63) is 60.3 Å². The first kappa shape index (κ1) is 12.9. The van der Waals surface area contributed by atoms with E-state index in [1.54, 1.807) is 19.4 Å². The van der Waals surface area contributed by atoms with Crippen molar-refractivity contribution >= 4 is 10.8 Å². The van der Waals surface area contributed by atoms with Gasteiger partial charge in [-0.25, -0.2) is 4.98 Å². The fraction of sp³-hybridized carbons (Fsp3) is 0.0588. The predicted octanol–water partition coefficient (Wildman–Crippen LogP) is 3.91. The molecule has 3 aromatic rings. The van der Waals surface area contributed by atoms with Crippen LogP contribution in [0.4, 0.5) is 0 Å². The number of fused-ring (bicyclic) bond motifs is 1. The predicted molar refractivity (Wildman–Crippen MR) is 79.5 cm³/mol. The number of nitriles is 1. The van der Waals surface area contributed by atoms with Crippen LogP contribution >= 0.6 is 0 Å². The van der Waals surface area contributed by atoms with E-state index in [2.05, 4.69) is 11.1 Å². The van der Waals surface area contributed by atoms with Gasteiger partial charge in [0.25, 0.3) is 0 Å². The molecule has 0 aliphatic heterocycles. The van der Waals surface area contributed by atoms with Crippen molar-refractivity contribution in [2.75, 3.05) is 7.11 Å². The number of pyridine rings is 1. The normalized spacial score (nSPS) is 10.1. The van der Waals surface area contributed by atoms with E-state index in [1.807, 2.05) is 42.5 Å². The van der Waals surface area contributed by atoms with E-state index in [-0.39, 0.29) is 0 Å². The molecule has 21 heavy (non-hydrogen) atoms. The minimum Gasteiger partial charge on any atom is -0.493 e. The summed E-state index contributed by atoms with van der Waals surface area (Å²) < 4.78 is 11.1. The van der Waals surface area contributed by atoms with Crippen LogP contribution in [0.2, 0.25) is 0 Å². The minimum atomic E-state index is 0.453. The van der Waals surface area contributed by atoms with Crippen LogP contribution in [0.3, 0.4) is 0 Å². The number of nitrogens with zero attached hydrogens (tertiary/aromatic N) is 2. The van der Waals surface area contributed by atoms with Gasteiger partial charge in [-0.2, -0.15) is 5.26 Å². The Bertz CT molecular complexity index is 838. The Labute approximate surface area is 122 Å². The van der Waals surface area contributed by atoms with Crippen LogP contribution in [0.1, 0.15) is 5.56 Å². The lowest BCUT2D eigenvalue weighted by Gasteiger charge is -2.11. The molecule has 0 saturated carbocycles. The molecule has 0 aliphatic rings. The van der Waals surface area contributed by atoms with Gasteiger partial charge >= 0.3 is 0 Å². The lowest BCUT2D eigenvalue weighted by molar-refractivity contribution is 0.376. The van der Waals surface area contributed by atoms with Gasteiger partial charge in [-0.15, -0.1) is 0 Å². The average Bonchev–Trinajstić information content (AvgIpc) is 2.55. The van der Waals surface area contributed by atoms with Crippen LogP contribution in [0.5, 0.6) is 17.4 Å². The molecule has 0 radical (unpaired) electrons. The molecule has 3 rings (SSSR count). The summed E-state index contributed by atoms with van der Waals surface area (Å²) in [6, 6.07) is 16.8. The molecule has 0 unspecified atom stereocenters. The summed E-state index contributed by atoms with van der Waals surface area (Å²) in [5.74, 6) is 1.67. The van der Waals surface area contributed by atoms with Crippen LogP contribution in [0.15, 0.2) is 54.7 Å². The fourth-order valence-corrected chi connectivity index (χ4v) is 2.17. The van der Waals surface area contributed by atoms with Crippen molar-refractivity contribution in [2.24, 2.45) is 0 Å². The molecule has 0 aliphatic carbocycles. The number of benzene rings is 2. The van der Waals surface area contributed by atoms with E-state index in [0.717, 1.165) is 10.8 Å². The third-order valence-electron chi connectivity index (χ3n) is 3.17. The molecule has 102 valence electrons. The van der Waals surface area contributed by atoms with Crippen LogP contribution in [-0.4, -0.2) is 12.1 Å². The van der Waals surface area contributed by atoms with Gasteiger partial charge in [0.1, 0.15) is 0 Å². The Hall–Kier alpha value is -3.06. The summed E-state index contributed by atoms with van der Waals surface area (Å²) in [6.07, 6.45) is 1.63. The number of hydrogen-bond acceptors (Lipinski definition) is 4. The molecular formula is C17H12N2O2. The van der Waals surface area contributed by atoms with E-state index in [9.17, 15) is 0 Å². The molecule has 0 saturated heterocycles. The van der Waals surface area contributed by atoms with Gasteiger partial charge in [-0.3, -0.25) is 0 Å². The highest BCUT2D eigenvalue weighted by molar-refractivity contribution is 5.91. The maximum Gasteiger partial charge on any atom is 0.227 e. The van der Waals surface area contributed by atoms with E-state index in [1.165, 1.54) is 0 Å². The number of methoxy groups -OCH3 is 1. The molecule has 1 heterocycles. The number of ether oxygens (including phenoxy) is 2. The second kappa shape index (κ2) is 5.51. The molecule has 0 spiro atoms. The van der Waals surface area contributed by atoms with E-state index >= 15 is 0 Å². The first-order chi connectivity index (χ1) is 10.3. The van der Waals surface area contributed by atoms with Crippen molar-refractivity contribution in [1.29, 1.82) is 5.26 Å². The SMILES string of the molecule is COc1ccccc1Oc1nccc2c(C#N)cccc12. The largest absolute Gasteiger partial charge is 0.493 e. The summed E-state index contributed by atoms with van der Waals surface area (Å²) in [5, 5.41) is 10.8. The first-order valence-electron chi connectivity index (χ1n) is 6.42. The van der Waals surface area contributed by atoms with Crippen LogP contribution in [0, 0.1) is 11.3 Å². The van der Waals surface area contributed by atoms with Crippen molar-refractivity contribution in [3.8, 4) is 23.4 Å². The standard InChI is InChI=1S/C17H12N2O2/c1-20-15-7-2-3-8-16(15)21-17-14-6-4-5-12(11-18)13(14)9-10-19-17/h2-10H,1H3. The lowest BCUT2D eigenvalue weighted by Crippen LogP contribution is -1.93. The molecule has 0 bridgehead atoms. The molecule has 0 amide bonds. The Morgan fingerprint density at radius 3 is 2.52 bits per heavy atom. The summed E-state index contributed by atoms with van der Waals surface area (Å²) in [4.78, 5) is 4.27. The highest BCUT2D eigenvalue weighted by Gasteiger charge is 2.10. The topological polar surface area (TPSA) is 55.1 Å². The average molecular weight is 276 g/mol. The molecular weight excluding hydrogens is 264 g/mol. The number of hydrogen-bond donors (Lipinski definition) is 0. The van der Waals surface area contributed by atoms with Gasteiger partial charge in [-0.05, 0) is 30.3 Å². The second-order valence-electron chi connectivity index (χ2n) is 4.38. The first-order valence-corrected chi connectivity index (χ1v) is 6.42. The fourth-order valence-electron chi connectivity index (χ4n) is 2.17. The number of rotatable bonds is 3. The van der Waals surface area contributed by atoms with Gasteiger partial charge < -0.3 is 9.47 Å². The van der Waals surface area contributed by atoms with Crippen LogP contribution in [0.25, 0.3) is 10.8 Å². The van der Waals surface area contributed by atoms with Gasteiger partial charge in [0, 0.05) is 17.0 Å². The van der Waals surface area contributed by atoms with Crippen LogP contribution < -0.4 is 9.47 Å². The lowest BCUT2D eigenvalue weighted by atomic mass is 10.1. The smallest absolute Gasteiger partial charge is 0.227 e. The molecule has 1 aromatic heterocycles. The Kier molecular flexibility index (Phi) is 3.40. The Morgan fingerprint density at radius 1 is 0.952 bits per heavy atom. The summed E-state index contributed by atoms with van der Waals surface area (Å²) >= 11 is 0. The maximum absolute atomic E-state index is 9.17. The molecule has 4 nitrogen and oxygen atoms in total. The summed E-state index contributed by atoms with van der Waals surface area (Å²) in [5.41, 5.74) is 0.597. The van der Waals surface area contributed by atoms with E-state index in [0.29, 0.717) is 22.9 Å². The van der Waals surface area contributed by atoms with Gasteiger partial charge in [-0.1, -0.05) is 18.2 Å². The Morgan fingerprint density at radius 2 is 1.76 bits per heavy atom. The third-order valence-corrected chi connectivity index (χ3v) is 3.17. The molecule has 4 heteroatoms. The number of para-hydroxylation sites is 2. The molecule has 0 N–H and O–H groups in total. The quantitative estimate of drug-likeness (QED) is 0.727. The monoisotopic (exact) mass is 276 g/mol. The zero-order valence-electron chi connectivity index (χ0n) is 11.4. The second-order valence-corrected chi connectivity index (χ2v) is 4.38. The molecule has 2 aromatic carbocycles.